The van der Waals surface area contributed by atoms with E-state index < -0.39 is 0 Å². The molecule has 4 nitrogen and oxygen atoms in total. The molecule has 0 unspecified atom stereocenters. The molecular formula is C18H15N3O. The van der Waals surface area contributed by atoms with Crippen LogP contribution in [0.4, 0.5) is 0 Å². The van der Waals surface area contributed by atoms with Crippen molar-refractivity contribution in [2.45, 2.75) is 6.54 Å². The van der Waals surface area contributed by atoms with E-state index in [0.29, 0.717) is 12.1 Å². The molecular weight excluding hydrogens is 274 g/mol. The van der Waals surface area contributed by atoms with E-state index in [2.05, 4.69) is 15.3 Å². The number of hydrogen-bond acceptors (Lipinski definition) is 3. The summed E-state index contributed by atoms with van der Waals surface area (Å²) in [5, 5.41) is 2.85. The first-order valence-corrected chi connectivity index (χ1v) is 7.01. The molecule has 0 atom stereocenters. The first-order chi connectivity index (χ1) is 10.8. The van der Waals surface area contributed by atoms with Gasteiger partial charge in [0.25, 0.3) is 5.91 Å². The SMILES string of the molecule is O=C(NCc1ccccn1)c1cncc(-c2ccccc2)c1. The number of benzene rings is 1. The van der Waals surface area contributed by atoms with E-state index in [4.69, 9.17) is 0 Å². The van der Waals surface area contributed by atoms with Crippen molar-refractivity contribution < 1.29 is 4.79 Å². The highest BCUT2D eigenvalue weighted by Gasteiger charge is 2.08. The molecule has 1 aromatic carbocycles. The Labute approximate surface area is 128 Å². The van der Waals surface area contributed by atoms with Crippen molar-refractivity contribution in [3.8, 4) is 11.1 Å². The van der Waals surface area contributed by atoms with Crippen molar-refractivity contribution in [3.63, 3.8) is 0 Å². The minimum atomic E-state index is -0.157. The predicted octanol–water partition coefficient (Wildman–Crippen LogP) is 3.07. The molecule has 1 amide bonds. The summed E-state index contributed by atoms with van der Waals surface area (Å²) >= 11 is 0. The molecule has 3 rings (SSSR count). The molecule has 0 aliphatic rings. The second-order valence-corrected chi connectivity index (χ2v) is 4.83. The Morgan fingerprint density at radius 1 is 0.955 bits per heavy atom. The van der Waals surface area contributed by atoms with Gasteiger partial charge in [-0.05, 0) is 23.8 Å². The number of rotatable bonds is 4. The zero-order chi connectivity index (χ0) is 15.2. The number of nitrogens with one attached hydrogen (secondary N) is 1. The maximum Gasteiger partial charge on any atom is 0.253 e. The van der Waals surface area contributed by atoms with Crippen LogP contribution in [0, 0.1) is 0 Å². The van der Waals surface area contributed by atoms with Gasteiger partial charge in [-0.15, -0.1) is 0 Å². The van der Waals surface area contributed by atoms with Crippen LogP contribution in [0.2, 0.25) is 0 Å². The van der Waals surface area contributed by atoms with Crippen LogP contribution in [0.15, 0.2) is 73.2 Å². The monoisotopic (exact) mass is 289 g/mol. The van der Waals surface area contributed by atoms with Crippen molar-refractivity contribution in [2.24, 2.45) is 0 Å². The number of amides is 1. The summed E-state index contributed by atoms with van der Waals surface area (Å²) in [5.41, 5.74) is 3.32. The minimum absolute atomic E-state index is 0.157. The topological polar surface area (TPSA) is 54.9 Å². The fraction of sp³-hybridized carbons (Fsp3) is 0.0556. The van der Waals surface area contributed by atoms with Gasteiger partial charge in [0, 0.05) is 24.2 Å². The lowest BCUT2D eigenvalue weighted by molar-refractivity contribution is 0.0950. The van der Waals surface area contributed by atoms with Crippen LogP contribution in [0.25, 0.3) is 11.1 Å². The third-order valence-electron chi connectivity index (χ3n) is 3.26. The molecule has 0 spiro atoms. The standard InChI is InChI=1S/C18H15N3O/c22-18(21-13-17-8-4-5-9-20-17)16-10-15(11-19-12-16)14-6-2-1-3-7-14/h1-12H,13H2,(H,21,22). The normalized spacial score (nSPS) is 10.2. The van der Waals surface area contributed by atoms with Crippen molar-refractivity contribution >= 4 is 5.91 Å². The first-order valence-electron chi connectivity index (χ1n) is 7.01. The van der Waals surface area contributed by atoms with Crippen LogP contribution in [0.3, 0.4) is 0 Å². The van der Waals surface area contributed by atoms with Gasteiger partial charge in [-0.1, -0.05) is 36.4 Å². The Morgan fingerprint density at radius 2 is 1.77 bits per heavy atom. The number of carbonyl (C=O) groups excluding carboxylic acids is 1. The maximum atomic E-state index is 12.2. The Bertz CT molecular complexity index is 758. The molecule has 0 aliphatic heterocycles. The fourth-order valence-corrected chi connectivity index (χ4v) is 2.13. The number of pyridine rings is 2. The molecule has 0 bridgehead atoms. The minimum Gasteiger partial charge on any atom is -0.346 e. The van der Waals surface area contributed by atoms with Crippen molar-refractivity contribution in [1.29, 1.82) is 0 Å². The summed E-state index contributed by atoms with van der Waals surface area (Å²) in [6.45, 7) is 0.398. The number of carbonyl (C=O) groups is 1. The highest BCUT2D eigenvalue weighted by atomic mass is 16.1. The highest BCUT2D eigenvalue weighted by Crippen LogP contribution is 2.18. The quantitative estimate of drug-likeness (QED) is 0.803. The van der Waals surface area contributed by atoms with E-state index >= 15 is 0 Å². The summed E-state index contributed by atoms with van der Waals surface area (Å²) < 4.78 is 0. The van der Waals surface area contributed by atoms with E-state index in [-0.39, 0.29) is 5.91 Å². The molecule has 0 fully saturated rings. The van der Waals surface area contributed by atoms with Gasteiger partial charge in [0.15, 0.2) is 0 Å². The molecule has 0 saturated carbocycles. The van der Waals surface area contributed by atoms with Crippen LogP contribution < -0.4 is 5.32 Å². The summed E-state index contributed by atoms with van der Waals surface area (Å²) in [4.78, 5) is 20.6. The molecule has 22 heavy (non-hydrogen) atoms. The predicted molar refractivity (Wildman–Crippen MR) is 85.1 cm³/mol. The summed E-state index contributed by atoms with van der Waals surface area (Å²) in [6, 6.07) is 17.3. The maximum absolute atomic E-state index is 12.2. The largest absolute Gasteiger partial charge is 0.346 e. The van der Waals surface area contributed by atoms with Gasteiger partial charge in [0.1, 0.15) is 0 Å². The Kier molecular flexibility index (Phi) is 4.20. The summed E-state index contributed by atoms with van der Waals surface area (Å²) in [5.74, 6) is -0.157. The third-order valence-corrected chi connectivity index (χ3v) is 3.26. The van der Waals surface area contributed by atoms with Crippen LogP contribution in [0.5, 0.6) is 0 Å². The highest BCUT2D eigenvalue weighted by molar-refractivity contribution is 5.94. The van der Waals surface area contributed by atoms with E-state index in [0.717, 1.165) is 16.8 Å². The van der Waals surface area contributed by atoms with Gasteiger partial charge in [0.05, 0.1) is 17.8 Å². The Hall–Kier alpha value is -3.01. The summed E-state index contributed by atoms with van der Waals surface area (Å²) in [6.07, 6.45) is 5.03. The Morgan fingerprint density at radius 3 is 2.55 bits per heavy atom. The molecule has 108 valence electrons. The van der Waals surface area contributed by atoms with Gasteiger partial charge in [0.2, 0.25) is 0 Å². The van der Waals surface area contributed by atoms with Crippen molar-refractivity contribution in [3.05, 3.63) is 84.4 Å². The molecule has 1 N–H and O–H groups in total. The zero-order valence-corrected chi connectivity index (χ0v) is 11.9. The average molecular weight is 289 g/mol. The van der Waals surface area contributed by atoms with Crippen LogP contribution in [-0.4, -0.2) is 15.9 Å². The number of nitrogens with zero attached hydrogens (tertiary/aromatic N) is 2. The molecule has 0 aliphatic carbocycles. The van der Waals surface area contributed by atoms with E-state index in [1.54, 1.807) is 18.6 Å². The third kappa shape index (κ3) is 3.35. The van der Waals surface area contributed by atoms with Gasteiger partial charge < -0.3 is 5.32 Å². The summed E-state index contributed by atoms with van der Waals surface area (Å²) in [7, 11) is 0. The number of aromatic nitrogens is 2. The molecule has 2 aromatic heterocycles. The van der Waals surface area contributed by atoms with Crippen LogP contribution in [-0.2, 0) is 6.54 Å². The van der Waals surface area contributed by atoms with Crippen LogP contribution in [0.1, 0.15) is 16.1 Å². The van der Waals surface area contributed by atoms with Gasteiger partial charge in [-0.3, -0.25) is 14.8 Å². The first kappa shape index (κ1) is 13.9. The molecule has 0 radical (unpaired) electrons. The zero-order valence-electron chi connectivity index (χ0n) is 11.9. The molecule has 3 aromatic rings. The average Bonchev–Trinajstić information content (AvgIpc) is 2.61. The lowest BCUT2D eigenvalue weighted by atomic mass is 10.1. The second-order valence-electron chi connectivity index (χ2n) is 4.83. The van der Waals surface area contributed by atoms with Crippen molar-refractivity contribution in [2.75, 3.05) is 0 Å². The number of hydrogen-bond donors (Lipinski definition) is 1. The second kappa shape index (κ2) is 6.63. The van der Waals surface area contributed by atoms with Crippen molar-refractivity contribution in [1.82, 2.24) is 15.3 Å². The Balaban J connectivity index is 1.73. The molecule has 4 heteroatoms. The van der Waals surface area contributed by atoms with Gasteiger partial charge >= 0.3 is 0 Å². The van der Waals surface area contributed by atoms with Gasteiger partial charge in [-0.2, -0.15) is 0 Å². The van der Waals surface area contributed by atoms with E-state index in [9.17, 15) is 4.79 Å². The van der Waals surface area contributed by atoms with E-state index in [1.165, 1.54) is 0 Å². The smallest absolute Gasteiger partial charge is 0.253 e. The molecule has 0 saturated heterocycles. The lowest BCUT2D eigenvalue weighted by Gasteiger charge is -2.06. The molecule has 2 heterocycles. The fourth-order valence-electron chi connectivity index (χ4n) is 2.13. The van der Waals surface area contributed by atoms with Crippen LogP contribution >= 0.6 is 0 Å². The van der Waals surface area contributed by atoms with E-state index in [1.807, 2.05) is 54.6 Å². The van der Waals surface area contributed by atoms with Gasteiger partial charge in [-0.25, -0.2) is 0 Å². The lowest BCUT2D eigenvalue weighted by Crippen LogP contribution is -2.23.